The van der Waals surface area contributed by atoms with Gasteiger partial charge in [0.25, 0.3) is 0 Å². The maximum atomic E-state index is 12.5. The number of esters is 1. The third kappa shape index (κ3) is 2.66. The maximum absolute atomic E-state index is 12.5. The SMILES string of the molecule is COc1ccc(C)cc1N1C[C@@H](C(=O)OC2(C3CC3)CC2)CC1=O. The molecule has 1 atom stereocenters. The summed E-state index contributed by atoms with van der Waals surface area (Å²) in [4.78, 5) is 26.7. The molecule has 128 valence electrons. The molecule has 1 heterocycles. The van der Waals surface area contributed by atoms with E-state index in [9.17, 15) is 9.59 Å². The van der Waals surface area contributed by atoms with E-state index < -0.39 is 0 Å². The molecule has 0 radical (unpaired) electrons. The van der Waals surface area contributed by atoms with E-state index in [4.69, 9.17) is 9.47 Å². The van der Waals surface area contributed by atoms with Crippen molar-refractivity contribution in [3.05, 3.63) is 23.8 Å². The normalized spacial score (nSPS) is 24.8. The topological polar surface area (TPSA) is 55.8 Å². The Labute approximate surface area is 141 Å². The van der Waals surface area contributed by atoms with Gasteiger partial charge in [0.05, 0.1) is 18.7 Å². The van der Waals surface area contributed by atoms with Crippen LogP contribution in [0.3, 0.4) is 0 Å². The van der Waals surface area contributed by atoms with Crippen LogP contribution in [0.4, 0.5) is 5.69 Å². The van der Waals surface area contributed by atoms with Crippen LogP contribution in [-0.2, 0) is 14.3 Å². The van der Waals surface area contributed by atoms with Crippen LogP contribution >= 0.6 is 0 Å². The van der Waals surface area contributed by atoms with E-state index in [1.54, 1.807) is 12.0 Å². The predicted octanol–water partition coefficient (Wildman–Crippen LogP) is 2.84. The molecule has 2 saturated carbocycles. The molecule has 3 aliphatic rings. The standard InChI is InChI=1S/C19H23NO4/c1-12-3-6-16(23-2)15(9-12)20-11-13(10-17(20)21)18(22)24-19(7-8-19)14-4-5-14/h3,6,9,13-14H,4-5,7-8,10-11H2,1-2H3/t13-/m0/s1. The number of methoxy groups -OCH3 is 1. The number of hydrogen-bond donors (Lipinski definition) is 0. The summed E-state index contributed by atoms with van der Waals surface area (Å²) in [7, 11) is 1.59. The molecule has 3 fully saturated rings. The molecule has 4 rings (SSSR count). The Bertz CT molecular complexity index is 691. The van der Waals surface area contributed by atoms with Crippen LogP contribution < -0.4 is 9.64 Å². The van der Waals surface area contributed by atoms with Crippen LogP contribution in [0.2, 0.25) is 0 Å². The van der Waals surface area contributed by atoms with Gasteiger partial charge in [0.15, 0.2) is 0 Å². The number of benzene rings is 1. The van der Waals surface area contributed by atoms with Gasteiger partial charge in [-0.05, 0) is 56.2 Å². The van der Waals surface area contributed by atoms with Crippen molar-refractivity contribution in [2.75, 3.05) is 18.6 Å². The molecular weight excluding hydrogens is 306 g/mol. The average Bonchev–Trinajstić information content (AvgIpc) is 3.46. The van der Waals surface area contributed by atoms with E-state index in [2.05, 4.69) is 0 Å². The number of hydrogen-bond acceptors (Lipinski definition) is 4. The van der Waals surface area contributed by atoms with Gasteiger partial charge in [-0.2, -0.15) is 0 Å². The highest BCUT2D eigenvalue weighted by atomic mass is 16.6. The maximum Gasteiger partial charge on any atom is 0.311 e. The van der Waals surface area contributed by atoms with Crippen molar-refractivity contribution in [3.63, 3.8) is 0 Å². The molecule has 1 amide bonds. The first-order chi connectivity index (χ1) is 11.5. The molecule has 0 spiro atoms. The van der Waals surface area contributed by atoms with Crippen molar-refractivity contribution < 1.29 is 19.1 Å². The highest BCUT2D eigenvalue weighted by Gasteiger charge is 2.58. The van der Waals surface area contributed by atoms with E-state index in [0.29, 0.717) is 18.2 Å². The first-order valence-corrected chi connectivity index (χ1v) is 8.70. The number of carbonyl (C=O) groups is 2. The van der Waals surface area contributed by atoms with Crippen LogP contribution in [0.15, 0.2) is 18.2 Å². The van der Waals surface area contributed by atoms with Gasteiger partial charge < -0.3 is 14.4 Å². The van der Waals surface area contributed by atoms with Gasteiger partial charge >= 0.3 is 5.97 Å². The van der Waals surface area contributed by atoms with Crippen molar-refractivity contribution in [2.45, 2.75) is 44.6 Å². The van der Waals surface area contributed by atoms with Crippen molar-refractivity contribution in [2.24, 2.45) is 11.8 Å². The molecule has 0 aromatic heterocycles. The lowest BCUT2D eigenvalue weighted by molar-refractivity contribution is -0.157. The van der Waals surface area contributed by atoms with Gasteiger partial charge in [-0.15, -0.1) is 0 Å². The lowest BCUT2D eigenvalue weighted by Gasteiger charge is -2.21. The zero-order valence-electron chi connectivity index (χ0n) is 14.2. The highest BCUT2D eigenvalue weighted by molar-refractivity contribution is 6.00. The summed E-state index contributed by atoms with van der Waals surface area (Å²) in [6.07, 6.45) is 4.53. The Morgan fingerprint density at radius 2 is 2.04 bits per heavy atom. The molecular formula is C19H23NO4. The Morgan fingerprint density at radius 3 is 2.67 bits per heavy atom. The number of ether oxygens (including phenoxy) is 2. The molecule has 5 heteroatoms. The summed E-state index contributed by atoms with van der Waals surface area (Å²) in [5.41, 5.74) is 1.60. The smallest absolute Gasteiger partial charge is 0.311 e. The highest BCUT2D eigenvalue weighted by Crippen LogP contribution is 2.56. The van der Waals surface area contributed by atoms with Gasteiger partial charge in [-0.1, -0.05) is 6.07 Å². The average molecular weight is 329 g/mol. The monoisotopic (exact) mass is 329 g/mol. The fourth-order valence-corrected chi connectivity index (χ4v) is 3.72. The fraction of sp³-hybridized carbons (Fsp3) is 0.579. The number of aryl methyl sites for hydroxylation is 1. The summed E-state index contributed by atoms with van der Waals surface area (Å²) in [5.74, 6) is 0.587. The molecule has 0 N–H and O–H groups in total. The van der Waals surface area contributed by atoms with Crippen molar-refractivity contribution in [3.8, 4) is 5.75 Å². The summed E-state index contributed by atoms with van der Waals surface area (Å²) >= 11 is 0. The van der Waals surface area contributed by atoms with Gasteiger partial charge in [-0.3, -0.25) is 9.59 Å². The van der Waals surface area contributed by atoms with Crippen LogP contribution in [0.1, 0.15) is 37.7 Å². The summed E-state index contributed by atoms with van der Waals surface area (Å²) < 4.78 is 11.2. The lowest BCUT2D eigenvalue weighted by atomic mass is 10.1. The molecule has 0 bridgehead atoms. The van der Waals surface area contributed by atoms with Gasteiger partial charge in [0.2, 0.25) is 5.91 Å². The summed E-state index contributed by atoms with van der Waals surface area (Å²) in [6.45, 7) is 2.35. The minimum absolute atomic E-state index is 0.0443. The van der Waals surface area contributed by atoms with E-state index in [0.717, 1.165) is 24.1 Å². The minimum Gasteiger partial charge on any atom is -0.495 e. The van der Waals surface area contributed by atoms with Gasteiger partial charge in [0, 0.05) is 13.0 Å². The second-order valence-electron chi connectivity index (χ2n) is 7.34. The Morgan fingerprint density at radius 1 is 1.29 bits per heavy atom. The predicted molar refractivity (Wildman–Crippen MR) is 89.0 cm³/mol. The minimum atomic E-state index is -0.376. The lowest BCUT2D eigenvalue weighted by Crippen LogP contribution is -2.30. The summed E-state index contributed by atoms with van der Waals surface area (Å²) in [5, 5.41) is 0. The fourth-order valence-electron chi connectivity index (χ4n) is 3.72. The van der Waals surface area contributed by atoms with Crippen molar-refractivity contribution in [1.29, 1.82) is 0 Å². The number of nitrogens with zero attached hydrogens (tertiary/aromatic N) is 1. The first kappa shape index (κ1) is 15.5. The van der Waals surface area contributed by atoms with E-state index in [1.807, 2.05) is 25.1 Å². The third-order valence-electron chi connectivity index (χ3n) is 5.45. The molecule has 24 heavy (non-hydrogen) atoms. The second-order valence-corrected chi connectivity index (χ2v) is 7.34. The Kier molecular flexibility index (Phi) is 3.55. The van der Waals surface area contributed by atoms with Crippen molar-refractivity contribution in [1.82, 2.24) is 0 Å². The molecule has 1 aliphatic heterocycles. The van der Waals surface area contributed by atoms with E-state index in [1.165, 1.54) is 12.8 Å². The number of carbonyl (C=O) groups excluding carboxylic acids is 2. The molecule has 5 nitrogen and oxygen atoms in total. The van der Waals surface area contributed by atoms with Gasteiger partial charge in [-0.25, -0.2) is 0 Å². The second kappa shape index (κ2) is 5.50. The largest absolute Gasteiger partial charge is 0.495 e. The molecule has 1 saturated heterocycles. The molecule has 2 aliphatic carbocycles. The zero-order chi connectivity index (χ0) is 16.9. The Balaban J connectivity index is 1.49. The van der Waals surface area contributed by atoms with Crippen LogP contribution in [0.5, 0.6) is 5.75 Å². The summed E-state index contributed by atoms with van der Waals surface area (Å²) in [6, 6.07) is 5.73. The van der Waals surface area contributed by atoms with E-state index in [-0.39, 0.29) is 29.8 Å². The molecule has 1 aromatic carbocycles. The Hall–Kier alpha value is -2.04. The third-order valence-corrected chi connectivity index (χ3v) is 5.45. The van der Waals surface area contributed by atoms with Crippen LogP contribution in [-0.4, -0.2) is 31.1 Å². The van der Waals surface area contributed by atoms with E-state index >= 15 is 0 Å². The zero-order valence-corrected chi connectivity index (χ0v) is 14.2. The van der Waals surface area contributed by atoms with Gasteiger partial charge in [0.1, 0.15) is 11.4 Å². The number of rotatable bonds is 5. The quantitative estimate of drug-likeness (QED) is 0.780. The first-order valence-electron chi connectivity index (χ1n) is 8.70. The van der Waals surface area contributed by atoms with Crippen LogP contribution in [0, 0.1) is 18.8 Å². The molecule has 0 unspecified atom stereocenters. The number of anilines is 1. The molecule has 1 aromatic rings. The van der Waals surface area contributed by atoms with Crippen molar-refractivity contribution >= 4 is 17.6 Å². The van der Waals surface area contributed by atoms with Crippen LogP contribution in [0.25, 0.3) is 0 Å². The number of amides is 1.